The van der Waals surface area contributed by atoms with Gasteiger partial charge >= 0.3 is 6.09 Å². The summed E-state index contributed by atoms with van der Waals surface area (Å²) in [7, 11) is 0. The summed E-state index contributed by atoms with van der Waals surface area (Å²) in [5, 5.41) is 12.6. The van der Waals surface area contributed by atoms with Crippen LogP contribution in [0.2, 0.25) is 5.02 Å². The molecule has 0 aliphatic rings. The summed E-state index contributed by atoms with van der Waals surface area (Å²) in [6.07, 6.45) is 0.707. The van der Waals surface area contributed by atoms with Crippen LogP contribution in [-0.2, 0) is 4.79 Å². The van der Waals surface area contributed by atoms with E-state index in [0.717, 1.165) is 15.0 Å². The predicted octanol–water partition coefficient (Wildman–Crippen LogP) is 4.48. The standard InChI is InChI=1S/C15H15ClNO3S/c1-15(2,3)17(14(19)20)12(7-18)11-8-21-13-5-4-9(16)6-10(11)13/h4-6,8,12H,1-3H3,(H,19,20). The lowest BCUT2D eigenvalue weighted by molar-refractivity contribution is 0.0873. The Morgan fingerprint density at radius 3 is 2.62 bits per heavy atom. The third kappa shape index (κ3) is 3.04. The van der Waals surface area contributed by atoms with Gasteiger partial charge in [0.05, 0.1) is 0 Å². The maximum absolute atomic E-state index is 11.6. The molecule has 4 nitrogen and oxygen atoms in total. The van der Waals surface area contributed by atoms with E-state index in [1.54, 1.807) is 38.3 Å². The van der Waals surface area contributed by atoms with Crippen molar-refractivity contribution in [1.29, 1.82) is 0 Å². The van der Waals surface area contributed by atoms with Crippen LogP contribution in [0.5, 0.6) is 0 Å². The first-order valence-electron chi connectivity index (χ1n) is 6.32. The topological polar surface area (TPSA) is 57.6 Å². The first-order chi connectivity index (χ1) is 9.75. The molecule has 1 N–H and O–H groups in total. The van der Waals surface area contributed by atoms with Crippen molar-refractivity contribution in [3.05, 3.63) is 34.2 Å². The molecule has 21 heavy (non-hydrogen) atoms. The Morgan fingerprint density at radius 2 is 2.10 bits per heavy atom. The lowest BCUT2D eigenvalue weighted by Crippen LogP contribution is -2.47. The molecule has 1 aromatic carbocycles. The van der Waals surface area contributed by atoms with Crippen LogP contribution < -0.4 is 0 Å². The number of thiophene rings is 1. The number of carbonyl (C=O) groups excluding carboxylic acids is 1. The van der Waals surface area contributed by atoms with Crippen molar-refractivity contribution in [1.82, 2.24) is 4.90 Å². The van der Waals surface area contributed by atoms with Gasteiger partial charge in [0, 0.05) is 20.8 Å². The minimum absolute atomic E-state index is 0.546. The number of rotatable bonds is 3. The number of benzene rings is 1. The molecule has 0 saturated carbocycles. The summed E-state index contributed by atoms with van der Waals surface area (Å²) in [5.74, 6) is 0. The normalized spacial score (nSPS) is 13.1. The molecule has 0 aliphatic carbocycles. The highest BCUT2D eigenvalue weighted by Gasteiger charge is 2.35. The number of carboxylic acid groups (broad SMARTS) is 1. The molecule has 6 heteroatoms. The zero-order valence-electron chi connectivity index (χ0n) is 11.9. The van der Waals surface area contributed by atoms with Crippen LogP contribution in [0, 0.1) is 0 Å². The van der Waals surface area contributed by atoms with Gasteiger partial charge in [0.15, 0.2) is 0 Å². The SMILES string of the molecule is CC(C)(C)N(C(=O)O)C([C]=O)c1csc2ccc(Cl)cc12. The van der Waals surface area contributed by atoms with Crippen LogP contribution in [0.3, 0.4) is 0 Å². The van der Waals surface area contributed by atoms with Crippen molar-refractivity contribution in [2.75, 3.05) is 0 Å². The predicted molar refractivity (Wildman–Crippen MR) is 84.9 cm³/mol. The summed E-state index contributed by atoms with van der Waals surface area (Å²) in [5.41, 5.74) is -0.106. The third-order valence-corrected chi connectivity index (χ3v) is 4.38. The molecule has 1 atom stereocenters. The van der Waals surface area contributed by atoms with Gasteiger partial charge in [-0.3, -0.25) is 9.69 Å². The van der Waals surface area contributed by atoms with E-state index in [2.05, 4.69) is 0 Å². The Labute approximate surface area is 131 Å². The fraction of sp³-hybridized carbons (Fsp3) is 0.333. The summed E-state index contributed by atoms with van der Waals surface area (Å²) >= 11 is 7.45. The molecule has 0 bridgehead atoms. The molecule has 1 heterocycles. The molecule has 1 unspecified atom stereocenters. The van der Waals surface area contributed by atoms with E-state index in [4.69, 9.17) is 11.6 Å². The number of hydrogen-bond donors (Lipinski definition) is 1. The van der Waals surface area contributed by atoms with E-state index >= 15 is 0 Å². The van der Waals surface area contributed by atoms with Crippen molar-refractivity contribution in [2.24, 2.45) is 0 Å². The molecule has 2 aromatic rings. The molecule has 1 radical (unpaired) electrons. The number of fused-ring (bicyclic) bond motifs is 1. The molecule has 0 spiro atoms. The fourth-order valence-corrected chi connectivity index (χ4v) is 3.40. The van der Waals surface area contributed by atoms with Crippen molar-refractivity contribution in [3.63, 3.8) is 0 Å². The molecule has 0 saturated heterocycles. The number of carbonyl (C=O) groups is 1. The Kier molecular flexibility index (Phi) is 4.25. The summed E-state index contributed by atoms with van der Waals surface area (Å²) in [6.45, 7) is 5.23. The average Bonchev–Trinajstić information content (AvgIpc) is 2.76. The highest BCUT2D eigenvalue weighted by molar-refractivity contribution is 7.17. The summed E-state index contributed by atoms with van der Waals surface area (Å²) in [6, 6.07) is 4.39. The number of halogens is 1. The van der Waals surface area contributed by atoms with Crippen molar-refractivity contribution >= 4 is 45.4 Å². The lowest BCUT2D eigenvalue weighted by Gasteiger charge is -2.36. The second-order valence-corrected chi connectivity index (χ2v) is 7.02. The Hall–Kier alpha value is -1.59. The van der Waals surface area contributed by atoms with Gasteiger partial charge in [-0.2, -0.15) is 0 Å². The van der Waals surface area contributed by atoms with Crippen molar-refractivity contribution in [3.8, 4) is 0 Å². The van der Waals surface area contributed by atoms with Gasteiger partial charge in [-0.15, -0.1) is 11.3 Å². The number of nitrogens with zero attached hydrogens (tertiary/aromatic N) is 1. The van der Waals surface area contributed by atoms with Gasteiger partial charge in [0.25, 0.3) is 0 Å². The van der Waals surface area contributed by atoms with Crippen LogP contribution in [0.15, 0.2) is 23.6 Å². The zero-order valence-corrected chi connectivity index (χ0v) is 13.5. The second-order valence-electron chi connectivity index (χ2n) is 5.68. The maximum Gasteiger partial charge on any atom is 0.408 e. The van der Waals surface area contributed by atoms with Crippen molar-refractivity contribution in [2.45, 2.75) is 32.4 Å². The largest absolute Gasteiger partial charge is 0.465 e. The fourth-order valence-electron chi connectivity index (χ4n) is 2.27. The number of amides is 1. The van der Waals surface area contributed by atoms with Crippen LogP contribution in [0.4, 0.5) is 4.79 Å². The Bertz CT molecular complexity index is 690. The first kappa shape index (κ1) is 15.8. The minimum atomic E-state index is -1.16. The average molecular weight is 325 g/mol. The molecular formula is C15H15ClNO3S. The summed E-state index contributed by atoms with van der Waals surface area (Å²) in [4.78, 5) is 24.1. The van der Waals surface area contributed by atoms with Gasteiger partial charge in [-0.1, -0.05) is 11.6 Å². The van der Waals surface area contributed by atoms with Crippen molar-refractivity contribution < 1.29 is 14.7 Å². The van der Waals surface area contributed by atoms with Gasteiger partial charge in [-0.25, -0.2) is 4.79 Å². The molecule has 1 amide bonds. The first-order valence-corrected chi connectivity index (χ1v) is 7.58. The monoisotopic (exact) mass is 324 g/mol. The van der Waals surface area contributed by atoms with E-state index in [-0.39, 0.29) is 0 Å². The molecular weight excluding hydrogens is 310 g/mol. The quantitative estimate of drug-likeness (QED) is 0.905. The smallest absolute Gasteiger partial charge is 0.408 e. The highest BCUT2D eigenvalue weighted by atomic mass is 35.5. The summed E-state index contributed by atoms with van der Waals surface area (Å²) < 4.78 is 0.953. The van der Waals surface area contributed by atoms with Crippen LogP contribution in [-0.4, -0.2) is 27.9 Å². The lowest BCUT2D eigenvalue weighted by atomic mass is 9.99. The molecule has 0 fully saturated rings. The van der Waals surface area contributed by atoms with Crippen LogP contribution in [0.1, 0.15) is 32.4 Å². The molecule has 2 rings (SSSR count). The van der Waals surface area contributed by atoms with Gasteiger partial charge in [0.2, 0.25) is 6.29 Å². The maximum atomic E-state index is 11.6. The van der Waals surface area contributed by atoms with E-state index < -0.39 is 17.7 Å². The number of hydrogen-bond acceptors (Lipinski definition) is 3. The van der Waals surface area contributed by atoms with E-state index in [9.17, 15) is 14.7 Å². The third-order valence-electron chi connectivity index (χ3n) is 3.16. The van der Waals surface area contributed by atoms with Gasteiger partial charge in [-0.05, 0) is 49.7 Å². The minimum Gasteiger partial charge on any atom is -0.465 e. The van der Waals surface area contributed by atoms with Crippen LogP contribution in [0.25, 0.3) is 10.1 Å². The highest BCUT2D eigenvalue weighted by Crippen LogP contribution is 2.36. The second kappa shape index (κ2) is 5.66. The molecule has 111 valence electrons. The van der Waals surface area contributed by atoms with Gasteiger partial charge in [0.1, 0.15) is 6.04 Å². The Balaban J connectivity index is 2.60. The zero-order chi connectivity index (χ0) is 15.8. The molecule has 0 aliphatic heterocycles. The molecule has 1 aromatic heterocycles. The van der Waals surface area contributed by atoms with E-state index in [1.807, 2.05) is 12.4 Å². The van der Waals surface area contributed by atoms with Crippen LogP contribution >= 0.6 is 22.9 Å². The van der Waals surface area contributed by atoms with E-state index in [1.165, 1.54) is 11.3 Å². The Morgan fingerprint density at radius 1 is 1.43 bits per heavy atom. The van der Waals surface area contributed by atoms with Gasteiger partial charge < -0.3 is 5.11 Å². The van der Waals surface area contributed by atoms with E-state index in [0.29, 0.717) is 10.6 Å².